The van der Waals surface area contributed by atoms with Gasteiger partial charge in [-0.25, -0.2) is 4.98 Å². The number of H-pyrrole nitrogens is 1. The maximum Gasteiger partial charge on any atom is 0.139 e. The topological polar surface area (TPSA) is 41.6 Å². The number of nitrogens with one attached hydrogen (secondary N) is 1. The molecule has 2 aromatic heterocycles. The fourth-order valence-corrected chi connectivity index (χ4v) is 1.18. The molecule has 0 radical (unpaired) electrons. The largest absolute Gasteiger partial charge is 0.331 e. The first-order chi connectivity index (χ1) is 6.36. The van der Waals surface area contributed by atoms with Crippen molar-refractivity contribution in [3.8, 4) is 11.4 Å². The normalized spacial score (nSPS) is 9.85. The molecule has 1 N–H and O–H groups in total. The number of pyridine rings is 1. The minimum absolute atomic E-state index is 0.675. The standard InChI is InChI=1S/C9H7N3S/c13-8-3-5-11-9(12-8)7-2-1-4-10-6-7/h1-6H,(H,11,12,13). The lowest BCUT2D eigenvalue weighted by molar-refractivity contribution is 1.15. The molecule has 2 rings (SSSR count). The summed E-state index contributed by atoms with van der Waals surface area (Å²) in [5.41, 5.74) is 0.939. The van der Waals surface area contributed by atoms with Gasteiger partial charge in [-0.05, 0) is 18.2 Å². The smallest absolute Gasteiger partial charge is 0.139 e. The maximum atomic E-state index is 4.98. The summed E-state index contributed by atoms with van der Waals surface area (Å²) in [6, 6.07) is 5.54. The van der Waals surface area contributed by atoms with Crippen molar-refractivity contribution in [1.29, 1.82) is 0 Å². The van der Waals surface area contributed by atoms with Gasteiger partial charge in [-0.3, -0.25) is 4.98 Å². The van der Waals surface area contributed by atoms with Crippen molar-refractivity contribution in [2.75, 3.05) is 0 Å². The van der Waals surface area contributed by atoms with E-state index in [1.165, 1.54) is 0 Å². The van der Waals surface area contributed by atoms with Gasteiger partial charge in [0.05, 0.1) is 0 Å². The van der Waals surface area contributed by atoms with Gasteiger partial charge in [0, 0.05) is 24.2 Å². The predicted octanol–water partition coefficient (Wildman–Crippen LogP) is 2.20. The van der Waals surface area contributed by atoms with Crippen LogP contribution in [0.5, 0.6) is 0 Å². The Morgan fingerprint density at radius 2 is 2.15 bits per heavy atom. The van der Waals surface area contributed by atoms with Gasteiger partial charge < -0.3 is 4.98 Å². The fraction of sp³-hybridized carbons (Fsp3) is 0. The molecule has 0 spiro atoms. The Morgan fingerprint density at radius 3 is 2.85 bits per heavy atom. The molecule has 0 aliphatic rings. The molecule has 64 valence electrons. The van der Waals surface area contributed by atoms with Crippen LogP contribution >= 0.6 is 12.2 Å². The molecule has 0 atom stereocenters. The number of rotatable bonds is 1. The van der Waals surface area contributed by atoms with Gasteiger partial charge in [0.25, 0.3) is 0 Å². The van der Waals surface area contributed by atoms with Gasteiger partial charge in [-0.1, -0.05) is 12.2 Å². The van der Waals surface area contributed by atoms with E-state index in [2.05, 4.69) is 15.0 Å². The lowest BCUT2D eigenvalue weighted by Crippen LogP contribution is -1.87. The van der Waals surface area contributed by atoms with Gasteiger partial charge in [0.2, 0.25) is 0 Å². The third-order valence-electron chi connectivity index (χ3n) is 1.61. The molecule has 0 aromatic carbocycles. The van der Waals surface area contributed by atoms with Crippen molar-refractivity contribution in [3.05, 3.63) is 41.4 Å². The SMILES string of the molecule is S=c1ccnc(-c2cccnc2)[nH]1. The highest BCUT2D eigenvalue weighted by molar-refractivity contribution is 7.71. The molecular formula is C9H7N3S. The quantitative estimate of drug-likeness (QED) is 0.699. The zero-order chi connectivity index (χ0) is 9.10. The zero-order valence-electron chi connectivity index (χ0n) is 6.77. The first kappa shape index (κ1) is 8.07. The third-order valence-corrected chi connectivity index (χ3v) is 1.84. The second-order valence-electron chi connectivity index (χ2n) is 2.52. The maximum absolute atomic E-state index is 4.98. The van der Waals surface area contributed by atoms with Crippen molar-refractivity contribution < 1.29 is 0 Å². The highest BCUT2D eigenvalue weighted by Gasteiger charge is 1.96. The van der Waals surface area contributed by atoms with Gasteiger partial charge in [-0.2, -0.15) is 0 Å². The summed E-state index contributed by atoms with van der Waals surface area (Å²) in [5, 5.41) is 0. The van der Waals surface area contributed by atoms with Crippen LogP contribution in [0.15, 0.2) is 36.8 Å². The third kappa shape index (κ3) is 1.78. The Balaban J connectivity index is 2.54. The van der Waals surface area contributed by atoms with E-state index in [4.69, 9.17) is 12.2 Å². The van der Waals surface area contributed by atoms with Crippen molar-refractivity contribution in [1.82, 2.24) is 15.0 Å². The van der Waals surface area contributed by atoms with E-state index in [0.717, 1.165) is 11.4 Å². The fourth-order valence-electron chi connectivity index (χ4n) is 1.02. The van der Waals surface area contributed by atoms with Crippen LogP contribution in [0.3, 0.4) is 0 Å². The van der Waals surface area contributed by atoms with Gasteiger partial charge >= 0.3 is 0 Å². The van der Waals surface area contributed by atoms with Crippen molar-refractivity contribution in [2.45, 2.75) is 0 Å². The molecule has 0 saturated heterocycles. The van der Waals surface area contributed by atoms with Gasteiger partial charge in [0.1, 0.15) is 10.5 Å². The molecule has 0 amide bonds. The molecule has 0 bridgehead atoms. The number of nitrogens with zero attached hydrogens (tertiary/aromatic N) is 2. The highest BCUT2D eigenvalue weighted by Crippen LogP contribution is 2.10. The number of hydrogen-bond donors (Lipinski definition) is 1. The van der Waals surface area contributed by atoms with E-state index in [-0.39, 0.29) is 0 Å². The molecule has 4 heteroatoms. The molecule has 0 saturated carbocycles. The van der Waals surface area contributed by atoms with Crippen LogP contribution in [0.2, 0.25) is 0 Å². The van der Waals surface area contributed by atoms with E-state index in [1.54, 1.807) is 24.7 Å². The van der Waals surface area contributed by atoms with Crippen molar-refractivity contribution in [3.63, 3.8) is 0 Å². The minimum Gasteiger partial charge on any atom is -0.331 e. The number of aromatic amines is 1. The van der Waals surface area contributed by atoms with E-state index >= 15 is 0 Å². The molecule has 3 nitrogen and oxygen atoms in total. The molecule has 2 aromatic rings. The molecule has 2 heterocycles. The second kappa shape index (κ2) is 3.45. The van der Waals surface area contributed by atoms with Crippen LogP contribution in [0.1, 0.15) is 0 Å². The summed E-state index contributed by atoms with van der Waals surface area (Å²) in [5.74, 6) is 0.751. The number of aromatic nitrogens is 3. The highest BCUT2D eigenvalue weighted by atomic mass is 32.1. The first-order valence-electron chi connectivity index (χ1n) is 3.82. The van der Waals surface area contributed by atoms with Crippen LogP contribution in [0.4, 0.5) is 0 Å². The number of hydrogen-bond acceptors (Lipinski definition) is 3. The lowest BCUT2D eigenvalue weighted by Gasteiger charge is -1.97. The summed E-state index contributed by atoms with van der Waals surface area (Å²) in [7, 11) is 0. The van der Waals surface area contributed by atoms with Gasteiger partial charge in [-0.15, -0.1) is 0 Å². The summed E-state index contributed by atoms with van der Waals surface area (Å²) in [6.07, 6.45) is 5.15. The Labute approximate surface area is 80.5 Å². The molecule has 0 unspecified atom stereocenters. The van der Waals surface area contributed by atoms with Crippen LogP contribution in [0, 0.1) is 4.64 Å². The first-order valence-corrected chi connectivity index (χ1v) is 4.23. The van der Waals surface area contributed by atoms with E-state index in [0.29, 0.717) is 4.64 Å². The predicted molar refractivity (Wildman–Crippen MR) is 52.7 cm³/mol. The average Bonchev–Trinajstić information content (AvgIpc) is 2.19. The monoisotopic (exact) mass is 189 g/mol. The Hall–Kier alpha value is -1.55. The lowest BCUT2D eigenvalue weighted by atomic mass is 10.3. The Bertz CT molecular complexity index is 450. The summed E-state index contributed by atoms with van der Waals surface area (Å²) in [4.78, 5) is 11.1. The van der Waals surface area contributed by atoms with Gasteiger partial charge in [0.15, 0.2) is 0 Å². The second-order valence-corrected chi connectivity index (χ2v) is 2.96. The molecule has 0 fully saturated rings. The summed E-state index contributed by atoms with van der Waals surface area (Å²) >= 11 is 4.98. The van der Waals surface area contributed by atoms with Crippen LogP contribution in [0.25, 0.3) is 11.4 Å². The molecule has 0 aliphatic heterocycles. The van der Waals surface area contributed by atoms with Crippen molar-refractivity contribution in [2.24, 2.45) is 0 Å². The van der Waals surface area contributed by atoms with E-state index in [1.807, 2.05) is 12.1 Å². The summed E-state index contributed by atoms with van der Waals surface area (Å²) in [6.45, 7) is 0. The van der Waals surface area contributed by atoms with Crippen molar-refractivity contribution >= 4 is 12.2 Å². The molecule has 0 aliphatic carbocycles. The van der Waals surface area contributed by atoms with Crippen LogP contribution < -0.4 is 0 Å². The van der Waals surface area contributed by atoms with E-state index < -0.39 is 0 Å². The molecular weight excluding hydrogens is 182 g/mol. The zero-order valence-corrected chi connectivity index (χ0v) is 7.58. The minimum atomic E-state index is 0.675. The average molecular weight is 189 g/mol. The van der Waals surface area contributed by atoms with Crippen LogP contribution in [-0.2, 0) is 0 Å². The summed E-state index contributed by atoms with van der Waals surface area (Å²) < 4.78 is 0.675. The van der Waals surface area contributed by atoms with Crippen LogP contribution in [-0.4, -0.2) is 15.0 Å². The Kier molecular flexibility index (Phi) is 2.14. The molecule has 13 heavy (non-hydrogen) atoms. The Morgan fingerprint density at radius 1 is 1.23 bits per heavy atom. The van der Waals surface area contributed by atoms with E-state index in [9.17, 15) is 0 Å².